The molecule has 4 nitrogen and oxygen atoms in total. The quantitative estimate of drug-likeness (QED) is 0.787. The highest BCUT2D eigenvalue weighted by molar-refractivity contribution is 6.62. The van der Waals surface area contributed by atoms with Gasteiger partial charge in [0, 0.05) is 12.3 Å². The smallest absolute Gasteiger partial charge is 0.399 e. The lowest BCUT2D eigenvalue weighted by atomic mass is 9.80. The molecule has 1 aromatic carbocycles. The molecule has 0 atom stereocenters. The molecular weight excluding hydrogens is 343 g/mol. The second-order valence-electron chi connectivity index (χ2n) is 7.27. The minimum atomic E-state index is -0.548. The Kier molecular flexibility index (Phi) is 4.56. The number of hydrogen-bond acceptors (Lipinski definition) is 3. The van der Waals surface area contributed by atoms with E-state index in [1.54, 1.807) is 18.3 Å². The Morgan fingerprint density at radius 1 is 1.12 bits per heavy atom. The van der Waals surface area contributed by atoms with Gasteiger partial charge in [-0.1, -0.05) is 23.7 Å². The Hall–Kier alpha value is -1.63. The van der Waals surface area contributed by atoms with Gasteiger partial charge >= 0.3 is 7.12 Å². The summed E-state index contributed by atoms with van der Waals surface area (Å²) in [5.74, 6) is -0.483. The van der Waals surface area contributed by atoms with Crippen LogP contribution in [-0.4, -0.2) is 22.9 Å². The average Bonchev–Trinajstić information content (AvgIpc) is 2.73. The van der Waals surface area contributed by atoms with Gasteiger partial charge in [0.15, 0.2) is 0 Å². The van der Waals surface area contributed by atoms with E-state index in [1.165, 1.54) is 22.8 Å². The van der Waals surface area contributed by atoms with Crippen molar-refractivity contribution in [2.45, 2.75) is 45.4 Å². The standard InChI is InChI=1S/C18H20BClFNO3/c1-17(2)18(3,4)25-19(24-17)13-6-8-16(23)22(11-13)10-12-5-7-15(21)14(20)9-12/h5-9,11H,10H2,1-4H3. The zero-order valence-corrected chi connectivity index (χ0v) is 15.4. The lowest BCUT2D eigenvalue weighted by Crippen LogP contribution is -2.41. The summed E-state index contributed by atoms with van der Waals surface area (Å²) in [6, 6.07) is 7.60. The molecule has 0 aliphatic carbocycles. The fourth-order valence-corrected chi connectivity index (χ4v) is 2.83. The molecule has 0 N–H and O–H groups in total. The van der Waals surface area contributed by atoms with Crippen LogP contribution in [0.2, 0.25) is 5.02 Å². The summed E-state index contributed by atoms with van der Waals surface area (Å²) in [6.07, 6.45) is 1.71. The van der Waals surface area contributed by atoms with E-state index in [0.717, 1.165) is 11.0 Å². The molecule has 132 valence electrons. The predicted molar refractivity (Wildman–Crippen MR) is 96.9 cm³/mol. The number of hydrogen-bond donors (Lipinski definition) is 0. The minimum absolute atomic E-state index is 0.0349. The van der Waals surface area contributed by atoms with Crippen molar-refractivity contribution in [1.29, 1.82) is 0 Å². The maximum absolute atomic E-state index is 13.3. The molecule has 7 heteroatoms. The maximum Gasteiger partial charge on any atom is 0.496 e. The summed E-state index contributed by atoms with van der Waals surface area (Å²) < 4.78 is 26.9. The fourth-order valence-electron chi connectivity index (χ4n) is 2.63. The van der Waals surface area contributed by atoms with E-state index in [-0.39, 0.29) is 17.1 Å². The van der Waals surface area contributed by atoms with Crippen molar-refractivity contribution in [1.82, 2.24) is 4.57 Å². The van der Waals surface area contributed by atoms with Crippen LogP contribution < -0.4 is 11.0 Å². The monoisotopic (exact) mass is 363 g/mol. The molecule has 3 rings (SSSR count). The highest BCUT2D eigenvalue weighted by Gasteiger charge is 2.51. The Bertz CT molecular complexity index is 850. The largest absolute Gasteiger partial charge is 0.496 e. The molecule has 0 spiro atoms. The van der Waals surface area contributed by atoms with Gasteiger partial charge in [-0.2, -0.15) is 0 Å². The first-order valence-corrected chi connectivity index (χ1v) is 8.47. The molecule has 0 saturated carbocycles. The van der Waals surface area contributed by atoms with Crippen molar-refractivity contribution < 1.29 is 13.7 Å². The van der Waals surface area contributed by atoms with Gasteiger partial charge in [-0.25, -0.2) is 4.39 Å². The summed E-state index contributed by atoms with van der Waals surface area (Å²) in [5, 5.41) is 0.0349. The number of pyridine rings is 1. The minimum Gasteiger partial charge on any atom is -0.399 e. The van der Waals surface area contributed by atoms with Crippen LogP contribution in [0.3, 0.4) is 0 Å². The molecule has 0 radical (unpaired) electrons. The second kappa shape index (κ2) is 6.27. The average molecular weight is 364 g/mol. The lowest BCUT2D eigenvalue weighted by molar-refractivity contribution is 0.00578. The second-order valence-corrected chi connectivity index (χ2v) is 7.67. The summed E-state index contributed by atoms with van der Waals surface area (Å²) in [4.78, 5) is 12.2. The molecular formula is C18H20BClFNO3. The molecule has 1 saturated heterocycles. The normalized spacial score (nSPS) is 18.6. The highest BCUT2D eigenvalue weighted by atomic mass is 35.5. The molecule has 0 amide bonds. The first kappa shape index (κ1) is 18.2. The topological polar surface area (TPSA) is 40.5 Å². The van der Waals surface area contributed by atoms with Gasteiger partial charge in [0.25, 0.3) is 5.56 Å². The van der Waals surface area contributed by atoms with E-state index in [4.69, 9.17) is 20.9 Å². The first-order chi connectivity index (χ1) is 11.6. The van der Waals surface area contributed by atoms with Crippen LogP contribution in [0.5, 0.6) is 0 Å². The van der Waals surface area contributed by atoms with E-state index >= 15 is 0 Å². The zero-order valence-electron chi connectivity index (χ0n) is 14.7. The van der Waals surface area contributed by atoms with Crippen LogP contribution in [0.1, 0.15) is 33.3 Å². The van der Waals surface area contributed by atoms with Crippen LogP contribution in [0.15, 0.2) is 41.3 Å². The summed E-state index contributed by atoms with van der Waals surface area (Å²) in [5.41, 5.74) is 0.415. The van der Waals surface area contributed by atoms with Crippen molar-refractivity contribution in [3.63, 3.8) is 0 Å². The predicted octanol–water partition coefficient (Wildman–Crippen LogP) is 2.99. The van der Waals surface area contributed by atoms with Gasteiger partial charge in [-0.15, -0.1) is 0 Å². The summed E-state index contributed by atoms with van der Waals surface area (Å²) in [6.45, 7) is 8.19. The highest BCUT2D eigenvalue weighted by Crippen LogP contribution is 2.36. The Morgan fingerprint density at radius 2 is 1.76 bits per heavy atom. The molecule has 1 aliphatic heterocycles. The van der Waals surface area contributed by atoms with Gasteiger partial charge in [0.05, 0.1) is 22.8 Å². The third kappa shape index (κ3) is 3.52. The van der Waals surface area contributed by atoms with Crippen molar-refractivity contribution in [3.05, 3.63) is 63.3 Å². The van der Waals surface area contributed by atoms with Crippen LogP contribution in [0, 0.1) is 5.82 Å². The van der Waals surface area contributed by atoms with E-state index in [9.17, 15) is 9.18 Å². The van der Waals surface area contributed by atoms with Crippen molar-refractivity contribution in [2.75, 3.05) is 0 Å². The molecule has 0 bridgehead atoms. The van der Waals surface area contributed by atoms with Gasteiger partial charge < -0.3 is 13.9 Å². The third-order valence-corrected chi connectivity index (χ3v) is 5.16. The molecule has 1 aliphatic rings. The number of nitrogens with zero attached hydrogens (tertiary/aromatic N) is 1. The number of benzene rings is 1. The molecule has 2 heterocycles. The van der Waals surface area contributed by atoms with E-state index < -0.39 is 24.1 Å². The number of halogens is 2. The number of rotatable bonds is 3. The molecule has 2 aromatic rings. The van der Waals surface area contributed by atoms with E-state index in [1.807, 2.05) is 27.7 Å². The zero-order chi connectivity index (χ0) is 18.4. The SMILES string of the molecule is CC1(C)OB(c2ccc(=O)n(Cc3ccc(F)c(Cl)c3)c2)OC1(C)C. The lowest BCUT2D eigenvalue weighted by Gasteiger charge is -2.32. The molecule has 1 aromatic heterocycles. The summed E-state index contributed by atoms with van der Waals surface area (Å²) >= 11 is 5.82. The van der Waals surface area contributed by atoms with Crippen molar-refractivity contribution >= 4 is 24.2 Å². The molecule has 0 unspecified atom stereocenters. The Balaban J connectivity index is 1.89. The fraction of sp³-hybridized carbons (Fsp3) is 0.389. The van der Waals surface area contributed by atoms with Crippen molar-refractivity contribution in [2.24, 2.45) is 0 Å². The summed E-state index contributed by atoms with van der Waals surface area (Å²) in [7, 11) is -0.548. The van der Waals surface area contributed by atoms with E-state index in [2.05, 4.69) is 0 Å². The molecule has 25 heavy (non-hydrogen) atoms. The Labute approximate surface area is 151 Å². The molecule has 1 fully saturated rings. The van der Waals surface area contributed by atoms with Gasteiger partial charge in [0.1, 0.15) is 5.82 Å². The van der Waals surface area contributed by atoms with Crippen LogP contribution >= 0.6 is 11.6 Å². The van der Waals surface area contributed by atoms with Gasteiger partial charge in [-0.3, -0.25) is 4.79 Å². The Morgan fingerprint density at radius 3 is 2.36 bits per heavy atom. The van der Waals surface area contributed by atoms with Crippen LogP contribution in [0.25, 0.3) is 0 Å². The number of aromatic nitrogens is 1. The van der Waals surface area contributed by atoms with Crippen LogP contribution in [-0.2, 0) is 15.9 Å². The maximum atomic E-state index is 13.3. The van der Waals surface area contributed by atoms with E-state index in [0.29, 0.717) is 0 Å². The third-order valence-electron chi connectivity index (χ3n) is 4.87. The van der Waals surface area contributed by atoms with Crippen LogP contribution in [0.4, 0.5) is 4.39 Å². The van der Waals surface area contributed by atoms with Crippen molar-refractivity contribution in [3.8, 4) is 0 Å². The van der Waals surface area contributed by atoms with Gasteiger partial charge in [-0.05, 0) is 50.9 Å². The first-order valence-electron chi connectivity index (χ1n) is 8.09. The van der Waals surface area contributed by atoms with Gasteiger partial charge in [0.2, 0.25) is 0 Å².